The summed E-state index contributed by atoms with van der Waals surface area (Å²) in [5.41, 5.74) is 0. The summed E-state index contributed by atoms with van der Waals surface area (Å²) in [5.74, 6) is 1.19. The van der Waals surface area contributed by atoms with Crippen molar-refractivity contribution >= 4 is 29.5 Å². The molecule has 1 heterocycles. The molecule has 1 fully saturated rings. The molecule has 1 saturated heterocycles. The Morgan fingerprint density at radius 2 is 2.12 bits per heavy atom. The minimum Gasteiger partial charge on any atom is -0.492 e. The molecule has 1 aliphatic rings. The highest BCUT2D eigenvalue weighted by molar-refractivity contribution is 6.30. The Labute approximate surface area is 151 Å². The number of aliphatic imine (C=N–C) groups is 1. The molecule has 1 aliphatic heterocycles. The molecule has 0 unspecified atom stereocenters. The fourth-order valence-electron chi connectivity index (χ4n) is 2.28. The van der Waals surface area contributed by atoms with E-state index < -0.39 is 0 Å². The first-order chi connectivity index (χ1) is 12.0. The molecule has 0 saturated carbocycles. The van der Waals surface area contributed by atoms with Gasteiger partial charge in [-0.3, -0.25) is 14.7 Å². The molecule has 9 heteroatoms. The van der Waals surface area contributed by atoms with Gasteiger partial charge < -0.3 is 20.3 Å². The monoisotopic (exact) mass is 367 g/mol. The Bertz CT molecular complexity index is 619. The number of amides is 3. The summed E-state index contributed by atoms with van der Waals surface area (Å²) in [6.07, 6.45) is 0. The van der Waals surface area contributed by atoms with Crippen LogP contribution in [0.5, 0.6) is 5.75 Å². The van der Waals surface area contributed by atoms with Gasteiger partial charge in [0.15, 0.2) is 5.96 Å². The van der Waals surface area contributed by atoms with E-state index in [9.17, 15) is 9.59 Å². The number of hydrogen-bond acceptors (Lipinski definition) is 4. The third-order valence-corrected chi connectivity index (χ3v) is 3.89. The van der Waals surface area contributed by atoms with Crippen LogP contribution in [0.2, 0.25) is 5.02 Å². The van der Waals surface area contributed by atoms with Gasteiger partial charge in [0.1, 0.15) is 12.4 Å². The van der Waals surface area contributed by atoms with Gasteiger partial charge in [-0.25, -0.2) is 4.79 Å². The van der Waals surface area contributed by atoms with Crippen LogP contribution < -0.4 is 15.4 Å². The summed E-state index contributed by atoms with van der Waals surface area (Å²) in [4.78, 5) is 30.2. The first-order valence-electron chi connectivity index (χ1n) is 7.89. The first-order valence-corrected chi connectivity index (χ1v) is 8.27. The lowest BCUT2D eigenvalue weighted by atomic mass is 10.3. The van der Waals surface area contributed by atoms with Crippen molar-refractivity contribution in [2.24, 2.45) is 4.99 Å². The Kier molecular flexibility index (Phi) is 6.88. The van der Waals surface area contributed by atoms with E-state index in [1.165, 1.54) is 4.90 Å². The van der Waals surface area contributed by atoms with Crippen LogP contribution in [-0.2, 0) is 4.79 Å². The number of imide groups is 1. The van der Waals surface area contributed by atoms with E-state index in [1.807, 2.05) is 24.1 Å². The van der Waals surface area contributed by atoms with E-state index in [2.05, 4.69) is 15.6 Å². The number of nitrogens with one attached hydrogen (secondary N) is 2. The normalized spacial score (nSPS) is 14.5. The zero-order valence-electron chi connectivity index (χ0n) is 14.3. The average Bonchev–Trinajstić information content (AvgIpc) is 2.92. The summed E-state index contributed by atoms with van der Waals surface area (Å²) in [7, 11) is 3.56. The number of guanidine groups is 1. The van der Waals surface area contributed by atoms with Gasteiger partial charge in [-0.15, -0.1) is 0 Å². The third-order valence-electron chi connectivity index (χ3n) is 3.64. The molecule has 0 bridgehead atoms. The van der Waals surface area contributed by atoms with Crippen LogP contribution in [0, 0.1) is 0 Å². The average molecular weight is 368 g/mol. The summed E-state index contributed by atoms with van der Waals surface area (Å²) >= 11 is 5.83. The molecular formula is C16H22ClN5O3. The first kappa shape index (κ1) is 18.9. The van der Waals surface area contributed by atoms with Gasteiger partial charge in [0.2, 0.25) is 5.91 Å². The van der Waals surface area contributed by atoms with Crippen LogP contribution in [0.4, 0.5) is 4.79 Å². The van der Waals surface area contributed by atoms with Gasteiger partial charge in [-0.05, 0) is 24.3 Å². The Morgan fingerprint density at radius 3 is 2.72 bits per heavy atom. The van der Waals surface area contributed by atoms with Crippen molar-refractivity contribution in [3.05, 3.63) is 29.3 Å². The van der Waals surface area contributed by atoms with Crippen LogP contribution >= 0.6 is 11.6 Å². The van der Waals surface area contributed by atoms with Gasteiger partial charge >= 0.3 is 6.03 Å². The maximum atomic E-state index is 11.5. The maximum Gasteiger partial charge on any atom is 0.324 e. The number of rotatable bonds is 7. The largest absolute Gasteiger partial charge is 0.492 e. The highest BCUT2D eigenvalue weighted by Crippen LogP contribution is 2.15. The SMILES string of the molecule is CN=C(NCCN1C(=O)CNC1=O)N(C)CCOc1ccc(Cl)cc1. The van der Waals surface area contributed by atoms with Crippen molar-refractivity contribution < 1.29 is 14.3 Å². The zero-order chi connectivity index (χ0) is 18.2. The van der Waals surface area contributed by atoms with Crippen molar-refractivity contribution in [1.82, 2.24) is 20.4 Å². The molecule has 0 aromatic heterocycles. The van der Waals surface area contributed by atoms with Gasteiger partial charge in [-0.2, -0.15) is 0 Å². The maximum absolute atomic E-state index is 11.5. The lowest BCUT2D eigenvalue weighted by Gasteiger charge is -2.23. The summed E-state index contributed by atoms with van der Waals surface area (Å²) in [6, 6.07) is 6.82. The Morgan fingerprint density at radius 1 is 1.40 bits per heavy atom. The predicted molar refractivity (Wildman–Crippen MR) is 96.1 cm³/mol. The predicted octanol–water partition coefficient (Wildman–Crippen LogP) is 0.778. The van der Waals surface area contributed by atoms with Crippen LogP contribution in [0.25, 0.3) is 0 Å². The summed E-state index contributed by atoms with van der Waals surface area (Å²) < 4.78 is 5.65. The van der Waals surface area contributed by atoms with Crippen LogP contribution in [0.3, 0.4) is 0 Å². The van der Waals surface area contributed by atoms with Crippen LogP contribution in [-0.4, -0.2) is 74.6 Å². The molecule has 3 amide bonds. The molecular weight excluding hydrogens is 346 g/mol. The number of carbonyl (C=O) groups excluding carboxylic acids is 2. The highest BCUT2D eigenvalue weighted by Gasteiger charge is 2.27. The van der Waals surface area contributed by atoms with Crippen molar-refractivity contribution in [3.8, 4) is 5.75 Å². The number of likely N-dealkylation sites (N-methyl/N-ethyl adjacent to an activating group) is 1. The fraction of sp³-hybridized carbons (Fsp3) is 0.438. The van der Waals surface area contributed by atoms with E-state index in [0.29, 0.717) is 37.2 Å². The number of benzene rings is 1. The summed E-state index contributed by atoms with van der Waals surface area (Å²) in [6.45, 7) is 1.87. The Hall–Kier alpha value is -2.48. The van der Waals surface area contributed by atoms with Crippen molar-refractivity contribution in [2.75, 3.05) is 46.9 Å². The number of urea groups is 1. The van der Waals surface area contributed by atoms with Gasteiger partial charge in [0.05, 0.1) is 13.1 Å². The van der Waals surface area contributed by atoms with E-state index in [0.717, 1.165) is 5.75 Å². The molecule has 2 rings (SSSR count). The number of hydrogen-bond donors (Lipinski definition) is 2. The molecule has 2 N–H and O–H groups in total. The number of carbonyl (C=O) groups is 2. The zero-order valence-corrected chi connectivity index (χ0v) is 15.0. The molecule has 0 spiro atoms. The lowest BCUT2D eigenvalue weighted by Crippen LogP contribution is -2.44. The van der Waals surface area contributed by atoms with Crippen LogP contribution in [0.15, 0.2) is 29.3 Å². The van der Waals surface area contributed by atoms with E-state index in [-0.39, 0.29) is 18.5 Å². The lowest BCUT2D eigenvalue weighted by molar-refractivity contribution is -0.124. The standard InChI is InChI=1S/C16H22ClN5O3/c1-18-15(19-7-8-22-14(23)11-20-16(22)24)21(2)9-10-25-13-5-3-12(17)4-6-13/h3-6H,7-11H2,1-2H3,(H,18,19)(H,20,24). The molecule has 1 aromatic carbocycles. The second-order valence-corrected chi connectivity index (χ2v) is 5.84. The minimum absolute atomic E-state index is 0.0650. The molecule has 25 heavy (non-hydrogen) atoms. The van der Waals surface area contributed by atoms with Crippen molar-refractivity contribution in [1.29, 1.82) is 0 Å². The minimum atomic E-state index is -0.355. The number of halogens is 1. The second kappa shape index (κ2) is 9.12. The smallest absolute Gasteiger partial charge is 0.324 e. The van der Waals surface area contributed by atoms with Gasteiger partial charge in [0, 0.05) is 32.2 Å². The number of nitrogens with zero attached hydrogens (tertiary/aromatic N) is 3. The van der Waals surface area contributed by atoms with Gasteiger partial charge in [0.25, 0.3) is 0 Å². The molecule has 0 radical (unpaired) electrons. The molecule has 1 aromatic rings. The van der Waals surface area contributed by atoms with Crippen molar-refractivity contribution in [2.45, 2.75) is 0 Å². The highest BCUT2D eigenvalue weighted by atomic mass is 35.5. The fourth-order valence-corrected chi connectivity index (χ4v) is 2.41. The third kappa shape index (κ3) is 5.53. The molecule has 0 atom stereocenters. The Balaban J connectivity index is 1.71. The van der Waals surface area contributed by atoms with Crippen LogP contribution in [0.1, 0.15) is 0 Å². The molecule has 0 aliphatic carbocycles. The van der Waals surface area contributed by atoms with Gasteiger partial charge in [-0.1, -0.05) is 11.6 Å². The van der Waals surface area contributed by atoms with E-state index in [1.54, 1.807) is 19.2 Å². The second-order valence-electron chi connectivity index (χ2n) is 5.40. The molecule has 8 nitrogen and oxygen atoms in total. The quantitative estimate of drug-likeness (QED) is 0.422. The number of ether oxygens (including phenoxy) is 1. The van der Waals surface area contributed by atoms with Crippen molar-refractivity contribution in [3.63, 3.8) is 0 Å². The molecule has 136 valence electrons. The van der Waals surface area contributed by atoms with E-state index in [4.69, 9.17) is 16.3 Å². The summed E-state index contributed by atoms with van der Waals surface area (Å²) in [5, 5.41) is 6.27. The topological polar surface area (TPSA) is 86.3 Å². The van der Waals surface area contributed by atoms with E-state index >= 15 is 0 Å².